The van der Waals surface area contributed by atoms with Gasteiger partial charge in [-0.25, -0.2) is 13.2 Å². The maximum Gasteiger partial charge on any atom is 0.257 e. The van der Waals surface area contributed by atoms with E-state index < -0.39 is 23.4 Å². The molecule has 9 heteroatoms. The topological polar surface area (TPSA) is 65.4 Å². The Morgan fingerprint density at radius 1 is 1.16 bits per heavy atom. The van der Waals surface area contributed by atoms with Crippen molar-refractivity contribution in [1.29, 1.82) is 0 Å². The molecule has 0 aliphatic carbocycles. The fourth-order valence-electron chi connectivity index (χ4n) is 3.25. The predicted molar refractivity (Wildman–Crippen MR) is 113 cm³/mol. The Hall–Kier alpha value is -3.33. The molecule has 1 amide bonds. The molecule has 0 saturated carbocycles. The Morgan fingerprint density at radius 2 is 1.94 bits per heavy atom. The molecule has 0 spiro atoms. The first-order valence-electron chi connectivity index (χ1n) is 9.99. The van der Waals surface area contributed by atoms with E-state index >= 15 is 0 Å². The van der Waals surface area contributed by atoms with Crippen LogP contribution in [0.4, 0.5) is 19.0 Å². The fraction of sp³-hybridized carbons (Fsp3) is 0.304. The Kier molecular flexibility index (Phi) is 7.53. The Labute approximate surface area is 184 Å². The van der Waals surface area contributed by atoms with Crippen molar-refractivity contribution in [3.05, 3.63) is 76.7 Å². The van der Waals surface area contributed by atoms with Crippen LogP contribution in [0, 0.1) is 17.5 Å². The predicted octanol–water partition coefficient (Wildman–Crippen LogP) is 4.29. The van der Waals surface area contributed by atoms with Gasteiger partial charge in [0.15, 0.2) is 17.5 Å². The molecule has 0 radical (unpaired) electrons. The zero-order valence-electron chi connectivity index (χ0n) is 18.0. The van der Waals surface area contributed by atoms with Crippen LogP contribution in [-0.4, -0.2) is 35.5 Å². The molecule has 0 unspecified atom stereocenters. The van der Waals surface area contributed by atoms with Crippen molar-refractivity contribution >= 4 is 11.7 Å². The molecule has 3 aromatic rings. The highest BCUT2D eigenvalue weighted by Gasteiger charge is 2.15. The van der Waals surface area contributed by atoms with Gasteiger partial charge >= 0.3 is 0 Å². The third kappa shape index (κ3) is 6.10. The van der Waals surface area contributed by atoms with E-state index in [4.69, 9.17) is 9.47 Å². The average Bonchev–Trinajstić information content (AvgIpc) is 3.14. The van der Waals surface area contributed by atoms with Gasteiger partial charge in [-0.15, -0.1) is 0 Å². The van der Waals surface area contributed by atoms with Crippen LogP contribution >= 0.6 is 0 Å². The number of hydrogen-bond donors (Lipinski definition) is 1. The molecular formula is C23H24F3N3O3. The summed E-state index contributed by atoms with van der Waals surface area (Å²) in [7, 11) is 3.28. The summed E-state index contributed by atoms with van der Waals surface area (Å²) in [6.45, 7) is 2.15. The van der Waals surface area contributed by atoms with Crippen LogP contribution < -0.4 is 10.1 Å². The second kappa shape index (κ2) is 10.3. The second-order valence-corrected chi connectivity index (χ2v) is 7.44. The van der Waals surface area contributed by atoms with Crippen molar-refractivity contribution in [3.8, 4) is 5.75 Å². The fourth-order valence-corrected chi connectivity index (χ4v) is 3.25. The maximum absolute atomic E-state index is 14.0. The molecule has 1 aromatic heterocycles. The van der Waals surface area contributed by atoms with E-state index in [1.807, 2.05) is 6.92 Å². The van der Waals surface area contributed by atoms with Crippen molar-refractivity contribution < 1.29 is 27.4 Å². The number of methoxy groups -OCH3 is 1. The summed E-state index contributed by atoms with van der Waals surface area (Å²) in [5, 5.41) is 6.82. The summed E-state index contributed by atoms with van der Waals surface area (Å²) in [5.41, 5.74) is 0.863. The third-order valence-electron chi connectivity index (χ3n) is 4.67. The van der Waals surface area contributed by atoms with Crippen LogP contribution in [0.5, 0.6) is 5.75 Å². The molecule has 1 N–H and O–H groups in total. The van der Waals surface area contributed by atoms with Gasteiger partial charge < -0.3 is 14.8 Å². The molecule has 1 heterocycles. The van der Waals surface area contributed by atoms with Crippen molar-refractivity contribution in [2.24, 2.45) is 7.05 Å². The van der Waals surface area contributed by atoms with E-state index in [-0.39, 0.29) is 24.5 Å². The highest BCUT2D eigenvalue weighted by Crippen LogP contribution is 2.23. The molecule has 170 valence electrons. The number of ether oxygens (including phenoxy) is 2. The molecule has 2 aromatic carbocycles. The van der Waals surface area contributed by atoms with Gasteiger partial charge in [0, 0.05) is 38.1 Å². The largest absolute Gasteiger partial charge is 0.488 e. The lowest BCUT2D eigenvalue weighted by molar-refractivity contribution is 0.0916. The van der Waals surface area contributed by atoms with Gasteiger partial charge in [-0.05, 0) is 55.2 Å². The standard InChI is InChI=1S/C23H24F3N3O3/c1-14(13-31-3)32-19-9-15(4-5-16-10-18(24)12-20(25)22(16)26)8-17(11-19)23(30)27-21-6-7-29(2)28-21/h6-12,14H,4-5,13H2,1-3H3,(H,27,28,30)/t14-/m0/s1. The number of rotatable bonds is 9. The van der Waals surface area contributed by atoms with Crippen molar-refractivity contribution in [2.45, 2.75) is 25.9 Å². The molecule has 0 saturated heterocycles. The summed E-state index contributed by atoms with van der Waals surface area (Å²) < 4.78 is 53.5. The summed E-state index contributed by atoms with van der Waals surface area (Å²) >= 11 is 0. The van der Waals surface area contributed by atoms with Gasteiger partial charge in [0.25, 0.3) is 5.91 Å². The van der Waals surface area contributed by atoms with E-state index in [1.165, 1.54) is 0 Å². The molecule has 6 nitrogen and oxygen atoms in total. The number of anilines is 1. The van der Waals surface area contributed by atoms with Crippen molar-refractivity contribution in [3.63, 3.8) is 0 Å². The highest BCUT2D eigenvalue weighted by molar-refractivity contribution is 6.04. The van der Waals surface area contributed by atoms with Crippen LogP contribution in [0.2, 0.25) is 0 Å². The maximum atomic E-state index is 14.0. The van der Waals surface area contributed by atoms with Crippen LogP contribution in [0.25, 0.3) is 0 Å². The molecular weight excluding hydrogens is 423 g/mol. The number of aryl methyl sites for hydroxylation is 3. The van der Waals surface area contributed by atoms with Crippen molar-refractivity contribution in [2.75, 3.05) is 19.0 Å². The van der Waals surface area contributed by atoms with E-state index in [0.29, 0.717) is 35.4 Å². The lowest BCUT2D eigenvalue weighted by Crippen LogP contribution is -2.19. The first kappa shape index (κ1) is 23.3. The quantitative estimate of drug-likeness (QED) is 0.497. The highest BCUT2D eigenvalue weighted by atomic mass is 19.2. The smallest absolute Gasteiger partial charge is 0.257 e. The minimum absolute atomic E-state index is 0.0406. The number of benzene rings is 2. The zero-order chi connectivity index (χ0) is 23.3. The van der Waals surface area contributed by atoms with Crippen LogP contribution in [0.15, 0.2) is 42.6 Å². The minimum Gasteiger partial charge on any atom is -0.488 e. The summed E-state index contributed by atoms with van der Waals surface area (Å²) in [5.74, 6) is -2.77. The van der Waals surface area contributed by atoms with Gasteiger partial charge in [-0.2, -0.15) is 5.10 Å². The molecule has 1 atom stereocenters. The van der Waals surface area contributed by atoms with Gasteiger partial charge in [0.05, 0.1) is 6.61 Å². The van der Waals surface area contributed by atoms with Crippen LogP contribution in [-0.2, 0) is 24.6 Å². The van der Waals surface area contributed by atoms with Gasteiger partial charge in [0.1, 0.15) is 17.7 Å². The van der Waals surface area contributed by atoms with Gasteiger partial charge in [-0.3, -0.25) is 9.48 Å². The van der Waals surface area contributed by atoms with Crippen molar-refractivity contribution in [1.82, 2.24) is 9.78 Å². The van der Waals surface area contributed by atoms with E-state index in [0.717, 1.165) is 6.07 Å². The Morgan fingerprint density at radius 3 is 2.62 bits per heavy atom. The average molecular weight is 447 g/mol. The summed E-state index contributed by atoms with van der Waals surface area (Å²) in [4.78, 5) is 12.8. The van der Waals surface area contributed by atoms with E-state index in [9.17, 15) is 18.0 Å². The summed E-state index contributed by atoms with van der Waals surface area (Å²) in [6, 6.07) is 8.03. The molecule has 0 aliphatic rings. The van der Waals surface area contributed by atoms with Crippen LogP contribution in [0.1, 0.15) is 28.4 Å². The number of amides is 1. The number of halogens is 3. The third-order valence-corrected chi connectivity index (χ3v) is 4.67. The Balaban J connectivity index is 1.85. The first-order chi connectivity index (χ1) is 15.2. The second-order valence-electron chi connectivity index (χ2n) is 7.44. The monoisotopic (exact) mass is 447 g/mol. The number of carbonyl (C=O) groups is 1. The number of hydrogen-bond acceptors (Lipinski definition) is 4. The number of aromatic nitrogens is 2. The number of nitrogens with one attached hydrogen (secondary N) is 1. The summed E-state index contributed by atoms with van der Waals surface area (Å²) in [6.07, 6.45) is 1.69. The van der Waals surface area contributed by atoms with Gasteiger partial charge in [-0.1, -0.05) is 0 Å². The number of carbonyl (C=O) groups excluding carboxylic acids is 1. The van der Waals surface area contributed by atoms with Crippen LogP contribution in [0.3, 0.4) is 0 Å². The Bertz CT molecular complexity index is 1100. The normalized spacial score (nSPS) is 11.9. The minimum atomic E-state index is -1.24. The zero-order valence-corrected chi connectivity index (χ0v) is 18.0. The number of nitrogens with zero attached hydrogens (tertiary/aromatic N) is 2. The van der Waals surface area contributed by atoms with E-state index in [2.05, 4.69) is 10.4 Å². The van der Waals surface area contributed by atoms with Gasteiger partial charge in [0.2, 0.25) is 0 Å². The van der Waals surface area contributed by atoms with E-state index in [1.54, 1.807) is 49.3 Å². The first-order valence-corrected chi connectivity index (χ1v) is 9.99. The lowest BCUT2D eigenvalue weighted by Gasteiger charge is -2.16. The molecule has 0 aliphatic heterocycles. The molecule has 0 bridgehead atoms. The lowest BCUT2D eigenvalue weighted by atomic mass is 10.0. The molecule has 32 heavy (non-hydrogen) atoms. The molecule has 0 fully saturated rings. The molecule has 3 rings (SSSR count). The SMILES string of the molecule is COC[C@H](C)Oc1cc(CCc2cc(F)cc(F)c2F)cc(C(=O)Nc2ccn(C)n2)c1.